The summed E-state index contributed by atoms with van der Waals surface area (Å²) >= 11 is 3.40. The molecule has 1 N–H and O–H groups in total. The van der Waals surface area contributed by atoms with Crippen LogP contribution in [0.3, 0.4) is 0 Å². The highest BCUT2D eigenvalue weighted by Crippen LogP contribution is 2.42. The monoisotopic (exact) mass is 543 g/mol. The van der Waals surface area contributed by atoms with Crippen LogP contribution >= 0.6 is 15.9 Å². The van der Waals surface area contributed by atoms with Crippen LogP contribution in [0.5, 0.6) is 0 Å². The fraction of sp³-hybridized carbons (Fsp3) is 0.280. The van der Waals surface area contributed by atoms with Gasteiger partial charge in [-0.15, -0.1) is 0 Å². The van der Waals surface area contributed by atoms with Crippen molar-refractivity contribution in [1.82, 2.24) is 10.2 Å². The van der Waals surface area contributed by atoms with Crippen LogP contribution in [0.1, 0.15) is 25.3 Å². The average molecular weight is 544 g/mol. The first kappa shape index (κ1) is 24.2. The van der Waals surface area contributed by atoms with E-state index in [1.165, 1.54) is 16.3 Å². The molecule has 0 radical (unpaired) electrons. The molecule has 1 unspecified atom stereocenters. The largest absolute Gasteiger partial charge is 0.357 e. The van der Waals surface area contributed by atoms with E-state index in [4.69, 9.17) is 0 Å². The van der Waals surface area contributed by atoms with Crippen LogP contribution in [0.4, 0.5) is 5.69 Å². The lowest BCUT2D eigenvalue weighted by molar-refractivity contribution is -0.140. The Labute approximate surface area is 207 Å². The molecule has 34 heavy (non-hydrogen) atoms. The molecule has 0 fully saturated rings. The molecule has 3 aromatic rings. The molecule has 0 saturated carbocycles. The minimum Gasteiger partial charge on any atom is -0.357 e. The number of hydrogen-bond donors (Lipinski definition) is 1. The van der Waals surface area contributed by atoms with E-state index in [0.717, 1.165) is 20.8 Å². The number of nitrogens with zero attached hydrogens (tertiary/aromatic N) is 2. The summed E-state index contributed by atoms with van der Waals surface area (Å²) < 4.78 is 28.6. The second-order valence-electron chi connectivity index (χ2n) is 8.25. The van der Waals surface area contributed by atoms with Gasteiger partial charge >= 0.3 is 0 Å². The Morgan fingerprint density at radius 2 is 1.74 bits per heavy atom. The van der Waals surface area contributed by atoms with E-state index in [9.17, 15) is 18.0 Å². The molecule has 0 bridgehead atoms. The number of hydrogen-bond acceptors (Lipinski definition) is 4. The quantitative estimate of drug-likeness (QED) is 0.464. The van der Waals surface area contributed by atoms with E-state index in [2.05, 4.69) is 21.2 Å². The lowest BCUT2D eigenvalue weighted by atomic mass is 10.1. The van der Waals surface area contributed by atoms with Crippen LogP contribution < -0.4 is 9.62 Å². The molecule has 178 valence electrons. The Morgan fingerprint density at radius 1 is 1.06 bits per heavy atom. The van der Waals surface area contributed by atoms with Gasteiger partial charge in [0.25, 0.3) is 10.0 Å². The third-order valence-electron chi connectivity index (χ3n) is 6.11. The van der Waals surface area contributed by atoms with Crippen LogP contribution in [-0.4, -0.2) is 44.8 Å². The number of amides is 2. The molecule has 2 amide bonds. The molecule has 4 rings (SSSR count). The zero-order valence-electron chi connectivity index (χ0n) is 19.0. The highest BCUT2D eigenvalue weighted by atomic mass is 79.9. The third kappa shape index (κ3) is 4.54. The summed E-state index contributed by atoms with van der Waals surface area (Å²) in [6, 6.07) is 17.7. The summed E-state index contributed by atoms with van der Waals surface area (Å²) in [5.74, 6) is -0.457. The van der Waals surface area contributed by atoms with Gasteiger partial charge in [0.1, 0.15) is 6.04 Å². The zero-order chi connectivity index (χ0) is 24.5. The highest BCUT2D eigenvalue weighted by molar-refractivity contribution is 9.10. The number of carbonyl (C=O) groups is 2. The fourth-order valence-corrected chi connectivity index (χ4v) is 6.31. The Hall–Kier alpha value is -2.91. The van der Waals surface area contributed by atoms with Gasteiger partial charge in [-0.25, -0.2) is 8.42 Å². The van der Waals surface area contributed by atoms with Crippen molar-refractivity contribution < 1.29 is 18.0 Å². The van der Waals surface area contributed by atoms with Crippen molar-refractivity contribution in [3.63, 3.8) is 0 Å². The van der Waals surface area contributed by atoms with Gasteiger partial charge in [-0.3, -0.25) is 13.9 Å². The lowest BCUT2D eigenvalue weighted by Gasteiger charge is -2.29. The molecule has 7 nitrogen and oxygen atoms in total. The van der Waals surface area contributed by atoms with Crippen molar-refractivity contribution in [2.24, 2.45) is 0 Å². The fourth-order valence-electron chi connectivity index (χ4n) is 4.29. The van der Waals surface area contributed by atoms with Gasteiger partial charge in [-0.2, -0.15) is 0 Å². The molecule has 0 aromatic heterocycles. The minimum atomic E-state index is -3.66. The van der Waals surface area contributed by atoms with Crippen molar-refractivity contribution in [1.29, 1.82) is 0 Å². The normalized spacial score (nSPS) is 14.7. The third-order valence-corrected chi connectivity index (χ3v) is 8.50. The summed E-state index contributed by atoms with van der Waals surface area (Å²) in [6.45, 7) is 2.16. The van der Waals surface area contributed by atoms with Gasteiger partial charge in [0.15, 0.2) is 0 Å². The number of benzene rings is 3. The molecule has 0 spiro atoms. The number of rotatable bonds is 8. The topological polar surface area (TPSA) is 86.8 Å². The summed E-state index contributed by atoms with van der Waals surface area (Å²) in [5, 5.41) is 4.20. The molecule has 1 aliphatic rings. The van der Waals surface area contributed by atoms with Crippen molar-refractivity contribution in [2.75, 3.05) is 17.9 Å². The first-order valence-corrected chi connectivity index (χ1v) is 13.3. The molecular formula is C25H26BrN3O4S. The summed E-state index contributed by atoms with van der Waals surface area (Å²) in [4.78, 5) is 27.3. The molecular weight excluding hydrogens is 518 g/mol. The second kappa shape index (κ2) is 9.76. The van der Waals surface area contributed by atoms with Crippen molar-refractivity contribution >= 4 is 54.2 Å². The van der Waals surface area contributed by atoms with E-state index in [0.29, 0.717) is 17.0 Å². The number of nitrogens with one attached hydrogen (secondary N) is 1. The van der Waals surface area contributed by atoms with Crippen LogP contribution in [0.2, 0.25) is 0 Å². The van der Waals surface area contributed by atoms with Crippen LogP contribution in [0, 0.1) is 0 Å². The van der Waals surface area contributed by atoms with Gasteiger partial charge < -0.3 is 10.2 Å². The first-order chi connectivity index (χ1) is 16.2. The number of halogens is 1. The van der Waals surface area contributed by atoms with Crippen molar-refractivity contribution in [3.8, 4) is 0 Å². The molecule has 1 heterocycles. The van der Waals surface area contributed by atoms with E-state index < -0.39 is 16.1 Å². The Balaban J connectivity index is 1.49. The average Bonchev–Trinajstić information content (AvgIpc) is 3.05. The minimum absolute atomic E-state index is 0.121. The number of likely N-dealkylation sites (N-methyl/N-ethyl adjacent to an activating group) is 1. The Kier molecular flexibility index (Phi) is 6.95. The number of anilines is 1. The Bertz CT molecular complexity index is 1340. The number of sulfonamides is 1. The SMILES string of the molecule is CNC(=O)C(C)N(Cc1ccc(Br)cc1)C(=O)CCCN1c2cccc3cccc(c23)S1(=O)=O. The Morgan fingerprint density at radius 3 is 2.41 bits per heavy atom. The maximum atomic E-state index is 13.2. The number of carbonyl (C=O) groups excluding carboxylic acids is 2. The summed E-state index contributed by atoms with van der Waals surface area (Å²) in [7, 11) is -2.12. The van der Waals surface area contributed by atoms with Crippen molar-refractivity contribution in [2.45, 2.75) is 37.2 Å². The first-order valence-electron chi connectivity index (χ1n) is 11.0. The lowest BCUT2D eigenvalue weighted by Crippen LogP contribution is -2.46. The summed E-state index contributed by atoms with van der Waals surface area (Å²) in [5.41, 5.74) is 1.54. The predicted molar refractivity (Wildman–Crippen MR) is 136 cm³/mol. The zero-order valence-corrected chi connectivity index (χ0v) is 21.4. The van der Waals surface area contributed by atoms with Gasteiger partial charge in [0.05, 0.1) is 10.6 Å². The second-order valence-corrected chi connectivity index (χ2v) is 11.0. The van der Waals surface area contributed by atoms with Gasteiger partial charge in [0.2, 0.25) is 11.8 Å². The van der Waals surface area contributed by atoms with Crippen LogP contribution in [0.25, 0.3) is 10.8 Å². The molecule has 0 aliphatic carbocycles. The van der Waals surface area contributed by atoms with E-state index >= 15 is 0 Å². The van der Waals surface area contributed by atoms with Gasteiger partial charge in [0, 0.05) is 36.4 Å². The van der Waals surface area contributed by atoms with Crippen LogP contribution in [0.15, 0.2) is 70.0 Å². The smallest absolute Gasteiger partial charge is 0.265 e. The highest BCUT2D eigenvalue weighted by Gasteiger charge is 2.35. The van der Waals surface area contributed by atoms with E-state index in [1.807, 2.05) is 42.5 Å². The molecule has 1 atom stereocenters. The van der Waals surface area contributed by atoms with E-state index in [-0.39, 0.29) is 31.3 Å². The van der Waals surface area contributed by atoms with Gasteiger partial charge in [-0.1, -0.05) is 52.3 Å². The standard InChI is InChI=1S/C25H26BrN3O4S/c1-17(25(31)27-2)28(16-18-11-13-20(26)14-12-18)23(30)10-5-15-29-21-8-3-6-19-7-4-9-22(24(19)21)34(29,32)33/h3-4,6-9,11-14,17H,5,10,15-16H2,1-2H3,(H,27,31). The molecule has 1 aliphatic heterocycles. The molecule has 3 aromatic carbocycles. The molecule has 9 heteroatoms. The maximum absolute atomic E-state index is 13.2. The van der Waals surface area contributed by atoms with Gasteiger partial charge in [-0.05, 0) is 48.6 Å². The van der Waals surface area contributed by atoms with E-state index in [1.54, 1.807) is 25.1 Å². The predicted octanol–water partition coefficient (Wildman–Crippen LogP) is 4.05. The maximum Gasteiger partial charge on any atom is 0.265 e. The van der Waals surface area contributed by atoms with Crippen LogP contribution in [-0.2, 0) is 26.2 Å². The van der Waals surface area contributed by atoms with Crippen molar-refractivity contribution in [3.05, 3.63) is 70.7 Å². The summed E-state index contributed by atoms with van der Waals surface area (Å²) in [6.07, 6.45) is 0.454. The molecule has 0 saturated heterocycles.